The number of nitrogens with zero attached hydrogens (tertiary/aromatic N) is 1. The maximum absolute atomic E-state index is 13.7. The van der Waals surface area contributed by atoms with Gasteiger partial charge < -0.3 is 41.2 Å². The number of ether oxygens (including phenoxy) is 3. The molecule has 4 aromatic rings. The van der Waals surface area contributed by atoms with Crippen LogP contribution in [0.15, 0.2) is 97.1 Å². The van der Waals surface area contributed by atoms with Crippen molar-refractivity contribution in [1.29, 1.82) is 0 Å². The van der Waals surface area contributed by atoms with Crippen molar-refractivity contribution in [2.24, 2.45) is 11.7 Å². The number of alkyl carbamates (subject to hydrolysis) is 1. The molecular formula is C41H44N6O10. The zero-order valence-electron chi connectivity index (χ0n) is 31.4. The summed E-state index contributed by atoms with van der Waals surface area (Å²) >= 11 is 0. The fraction of sp³-hybridized carbons (Fsp3) is 0.293. The molecule has 0 radical (unpaired) electrons. The Balaban J connectivity index is 1.17. The Morgan fingerprint density at radius 3 is 2.02 bits per heavy atom. The van der Waals surface area contributed by atoms with Gasteiger partial charge in [-0.05, 0) is 77.3 Å². The third-order valence-electron chi connectivity index (χ3n) is 9.09. The van der Waals surface area contributed by atoms with Crippen LogP contribution in [0.1, 0.15) is 55.7 Å². The fourth-order valence-electron chi connectivity index (χ4n) is 6.36. The highest BCUT2D eigenvalue weighted by Gasteiger charge is 2.31. The molecule has 57 heavy (non-hydrogen) atoms. The van der Waals surface area contributed by atoms with Crippen LogP contribution in [0.5, 0.6) is 5.75 Å². The van der Waals surface area contributed by atoms with Crippen LogP contribution in [0.2, 0.25) is 0 Å². The molecule has 0 saturated heterocycles. The topological polar surface area (TPSA) is 230 Å². The number of nitro groups is 1. The van der Waals surface area contributed by atoms with Crippen LogP contribution in [-0.2, 0) is 25.7 Å². The lowest BCUT2D eigenvalue weighted by atomic mass is 9.98. The van der Waals surface area contributed by atoms with Gasteiger partial charge in [0.25, 0.3) is 5.69 Å². The van der Waals surface area contributed by atoms with Gasteiger partial charge >= 0.3 is 18.3 Å². The third kappa shape index (κ3) is 11.8. The van der Waals surface area contributed by atoms with Crippen molar-refractivity contribution in [2.75, 3.05) is 18.5 Å². The molecule has 5 rings (SSSR count). The second kappa shape index (κ2) is 19.6. The predicted octanol–water partition coefficient (Wildman–Crippen LogP) is 6.14. The largest absolute Gasteiger partial charge is 0.514 e. The molecule has 298 valence electrons. The van der Waals surface area contributed by atoms with E-state index in [0.29, 0.717) is 17.7 Å². The average molecular weight is 781 g/mol. The first-order chi connectivity index (χ1) is 27.4. The lowest BCUT2D eigenvalue weighted by molar-refractivity contribution is -0.384. The van der Waals surface area contributed by atoms with Gasteiger partial charge in [0.15, 0.2) is 0 Å². The number of non-ortho nitro benzene ring substituents is 1. The van der Waals surface area contributed by atoms with Crippen molar-refractivity contribution in [3.63, 3.8) is 0 Å². The molecule has 0 unspecified atom stereocenters. The molecule has 0 aliphatic heterocycles. The van der Waals surface area contributed by atoms with Gasteiger partial charge in [-0.3, -0.25) is 19.7 Å². The van der Waals surface area contributed by atoms with Crippen molar-refractivity contribution in [1.82, 2.24) is 16.0 Å². The van der Waals surface area contributed by atoms with E-state index in [-0.39, 0.29) is 55.9 Å². The van der Waals surface area contributed by atoms with E-state index in [4.69, 9.17) is 19.9 Å². The van der Waals surface area contributed by atoms with E-state index in [1.807, 2.05) is 62.4 Å². The highest BCUT2D eigenvalue weighted by Crippen LogP contribution is 2.44. The number of urea groups is 1. The van der Waals surface area contributed by atoms with Crippen molar-refractivity contribution < 1.29 is 43.1 Å². The first-order valence-corrected chi connectivity index (χ1v) is 18.3. The fourth-order valence-corrected chi connectivity index (χ4v) is 6.36. The summed E-state index contributed by atoms with van der Waals surface area (Å²) in [5, 5.41) is 21.5. The highest BCUT2D eigenvalue weighted by atomic mass is 16.7. The SMILES string of the molecule is CC(C)C[C@H](NC(=O)OCC1c2ccccc2-c2ccccc21)C(=O)N[C@@H](CCCNC(N)=O)C(=O)Nc1ccc(COC(=O)Oc2ccc([N+](=O)[O-])cc2)cc1. The third-order valence-corrected chi connectivity index (χ3v) is 9.09. The van der Waals surface area contributed by atoms with Crippen LogP contribution >= 0.6 is 0 Å². The lowest BCUT2D eigenvalue weighted by Gasteiger charge is -2.24. The number of amides is 5. The Hall–Kier alpha value is -6.97. The summed E-state index contributed by atoms with van der Waals surface area (Å²) < 4.78 is 15.9. The summed E-state index contributed by atoms with van der Waals surface area (Å²) in [6, 6.07) is 24.4. The number of carbonyl (C=O) groups excluding carboxylic acids is 5. The molecule has 2 atom stereocenters. The Kier molecular flexibility index (Phi) is 14.1. The summed E-state index contributed by atoms with van der Waals surface area (Å²) in [7, 11) is 0. The minimum absolute atomic E-state index is 0.00616. The van der Waals surface area contributed by atoms with Gasteiger partial charge in [0.2, 0.25) is 11.8 Å². The number of rotatable bonds is 17. The maximum atomic E-state index is 13.7. The molecule has 6 N–H and O–H groups in total. The summed E-state index contributed by atoms with van der Waals surface area (Å²) in [5.41, 5.74) is 10.2. The number of hydrogen-bond donors (Lipinski definition) is 5. The van der Waals surface area contributed by atoms with Gasteiger partial charge in [-0.15, -0.1) is 0 Å². The molecule has 0 aromatic heterocycles. The highest BCUT2D eigenvalue weighted by molar-refractivity contribution is 5.98. The van der Waals surface area contributed by atoms with Crippen LogP contribution in [0, 0.1) is 16.0 Å². The molecule has 1 aliphatic rings. The van der Waals surface area contributed by atoms with Gasteiger partial charge in [-0.25, -0.2) is 14.4 Å². The van der Waals surface area contributed by atoms with Crippen LogP contribution in [0.25, 0.3) is 11.1 Å². The Morgan fingerprint density at radius 2 is 1.42 bits per heavy atom. The Labute approximate surface area is 328 Å². The van der Waals surface area contributed by atoms with Crippen LogP contribution in [0.4, 0.5) is 25.8 Å². The normalized spacial score (nSPS) is 12.6. The number of fused-ring (bicyclic) bond motifs is 3. The molecule has 1 aliphatic carbocycles. The van der Waals surface area contributed by atoms with Crippen LogP contribution in [-0.4, -0.2) is 60.3 Å². The Morgan fingerprint density at radius 1 is 0.789 bits per heavy atom. The second-order valence-electron chi connectivity index (χ2n) is 13.7. The average Bonchev–Trinajstić information content (AvgIpc) is 3.51. The molecule has 5 amide bonds. The minimum atomic E-state index is -1.07. The molecule has 16 heteroatoms. The summed E-state index contributed by atoms with van der Waals surface area (Å²) in [6.07, 6.45) is -1.11. The van der Waals surface area contributed by atoms with Crippen molar-refractivity contribution in [3.8, 4) is 16.9 Å². The smallest absolute Gasteiger partial charge is 0.449 e. The number of nitrogens with one attached hydrogen (secondary N) is 4. The number of anilines is 1. The number of benzene rings is 4. The quantitative estimate of drug-likeness (QED) is 0.0270. The molecule has 0 heterocycles. The molecule has 0 saturated carbocycles. The molecule has 4 aromatic carbocycles. The van der Waals surface area contributed by atoms with Gasteiger partial charge in [0.05, 0.1) is 4.92 Å². The zero-order valence-corrected chi connectivity index (χ0v) is 31.4. The van der Waals surface area contributed by atoms with E-state index in [1.54, 1.807) is 24.3 Å². The first kappa shape index (κ1) is 41.2. The molecule has 0 fully saturated rings. The lowest BCUT2D eigenvalue weighted by Crippen LogP contribution is -2.53. The number of nitrogens with two attached hydrogens (primary N) is 1. The maximum Gasteiger partial charge on any atom is 0.514 e. The monoisotopic (exact) mass is 780 g/mol. The van der Waals surface area contributed by atoms with Gasteiger partial charge in [-0.1, -0.05) is 74.5 Å². The van der Waals surface area contributed by atoms with E-state index >= 15 is 0 Å². The van der Waals surface area contributed by atoms with E-state index < -0.39 is 47.1 Å². The number of primary amides is 1. The van der Waals surface area contributed by atoms with E-state index in [1.165, 1.54) is 24.3 Å². The molecule has 0 bridgehead atoms. The van der Waals surface area contributed by atoms with Crippen LogP contribution < -0.4 is 31.7 Å². The van der Waals surface area contributed by atoms with Crippen molar-refractivity contribution in [3.05, 3.63) is 124 Å². The van der Waals surface area contributed by atoms with E-state index in [2.05, 4.69) is 21.3 Å². The van der Waals surface area contributed by atoms with Gasteiger partial charge in [0.1, 0.15) is 31.0 Å². The summed E-state index contributed by atoms with van der Waals surface area (Å²) in [5.74, 6) is -1.25. The van der Waals surface area contributed by atoms with E-state index in [0.717, 1.165) is 22.3 Å². The van der Waals surface area contributed by atoms with Crippen LogP contribution in [0.3, 0.4) is 0 Å². The predicted molar refractivity (Wildman–Crippen MR) is 209 cm³/mol. The minimum Gasteiger partial charge on any atom is -0.449 e. The zero-order chi connectivity index (χ0) is 40.9. The van der Waals surface area contributed by atoms with Gasteiger partial charge in [0, 0.05) is 30.3 Å². The number of carbonyl (C=O) groups is 5. The molecule has 0 spiro atoms. The van der Waals surface area contributed by atoms with E-state index in [9.17, 15) is 34.1 Å². The molecular weight excluding hydrogens is 736 g/mol. The second-order valence-corrected chi connectivity index (χ2v) is 13.7. The number of nitro benzene ring substituents is 1. The van der Waals surface area contributed by atoms with Gasteiger partial charge in [-0.2, -0.15) is 0 Å². The summed E-state index contributed by atoms with van der Waals surface area (Å²) in [4.78, 5) is 74.0. The molecule has 16 nitrogen and oxygen atoms in total. The Bertz CT molecular complexity index is 2030. The summed E-state index contributed by atoms with van der Waals surface area (Å²) in [6.45, 7) is 3.85. The first-order valence-electron chi connectivity index (χ1n) is 18.3. The van der Waals surface area contributed by atoms with Crippen molar-refractivity contribution >= 4 is 41.5 Å². The van der Waals surface area contributed by atoms with Crippen molar-refractivity contribution in [2.45, 2.75) is 57.7 Å². The standard InChI is InChI=1S/C41H44N6O10/c1-25(2)22-36(46-40(51)55-24-34-32-10-5-3-8-30(32)31-9-4-6-11-33(31)34)38(49)45-35(12-7-21-43-39(42)50)37(48)44-27-15-13-26(14-16-27)23-56-41(52)57-29-19-17-28(18-20-29)47(53)54/h3-6,8-11,13-20,25,34-36H,7,12,21-24H2,1-2H3,(H,44,48)(H,45,49)(H,46,51)(H3,42,43,50)/t35-,36-/m0/s1. The number of hydrogen-bond acceptors (Lipinski definition) is 10.